The van der Waals surface area contributed by atoms with Crippen LogP contribution in [0.2, 0.25) is 0 Å². The van der Waals surface area contributed by atoms with Crippen molar-refractivity contribution in [1.82, 2.24) is 0 Å². The maximum absolute atomic E-state index is 9.07. The first-order valence-electron chi connectivity index (χ1n) is 4.09. The number of hydrogen-bond donors (Lipinski definition) is 2. The maximum atomic E-state index is 9.07. The molecule has 2 nitrogen and oxygen atoms in total. The van der Waals surface area contributed by atoms with Gasteiger partial charge >= 0.3 is 0 Å². The van der Waals surface area contributed by atoms with Crippen LogP contribution in [0.3, 0.4) is 0 Å². The Morgan fingerprint density at radius 2 is 2.00 bits per heavy atom. The molecule has 2 saturated carbocycles. The molecule has 58 valence electrons. The molecule has 0 bridgehead atoms. The number of aliphatic hydroxyl groups excluding tert-OH is 1. The maximum Gasteiger partial charge on any atom is 0.0575 e. The molecule has 2 heteroatoms. The van der Waals surface area contributed by atoms with Crippen molar-refractivity contribution in [2.24, 2.45) is 17.6 Å². The molecule has 0 heterocycles. The van der Waals surface area contributed by atoms with Crippen molar-refractivity contribution < 1.29 is 5.11 Å². The smallest absolute Gasteiger partial charge is 0.0575 e. The monoisotopic (exact) mass is 141 g/mol. The summed E-state index contributed by atoms with van der Waals surface area (Å²) in [5.41, 5.74) is 6.06. The van der Waals surface area contributed by atoms with Gasteiger partial charge in [0.25, 0.3) is 0 Å². The molecule has 2 rings (SSSR count). The van der Waals surface area contributed by atoms with E-state index in [9.17, 15) is 0 Å². The Morgan fingerprint density at radius 1 is 1.50 bits per heavy atom. The summed E-state index contributed by atoms with van der Waals surface area (Å²) in [6.45, 7) is 2.24. The lowest BCUT2D eigenvalue weighted by molar-refractivity contribution is 0.00941. The number of nitrogens with two attached hydrogens (primary N) is 1. The zero-order valence-corrected chi connectivity index (χ0v) is 6.38. The zero-order valence-electron chi connectivity index (χ0n) is 6.38. The van der Waals surface area contributed by atoms with Crippen molar-refractivity contribution in [1.29, 1.82) is 0 Å². The van der Waals surface area contributed by atoms with Gasteiger partial charge < -0.3 is 10.8 Å². The first-order chi connectivity index (χ1) is 4.62. The van der Waals surface area contributed by atoms with E-state index in [2.05, 4.69) is 6.92 Å². The second kappa shape index (κ2) is 1.74. The normalized spacial score (nSPS) is 59.7. The Labute approximate surface area is 61.4 Å². The zero-order chi connectivity index (χ0) is 7.35. The van der Waals surface area contributed by atoms with E-state index in [4.69, 9.17) is 10.8 Å². The molecule has 2 atom stereocenters. The van der Waals surface area contributed by atoms with E-state index < -0.39 is 0 Å². The molecule has 2 aliphatic rings. The van der Waals surface area contributed by atoms with E-state index in [1.807, 2.05) is 0 Å². The molecule has 0 aromatic carbocycles. The van der Waals surface area contributed by atoms with E-state index in [0.29, 0.717) is 0 Å². The Kier molecular flexibility index (Phi) is 1.15. The van der Waals surface area contributed by atoms with Gasteiger partial charge in [-0.15, -0.1) is 0 Å². The molecular formula is C8H15NO. The molecule has 2 unspecified atom stereocenters. The van der Waals surface area contributed by atoms with Gasteiger partial charge in [0.05, 0.1) is 6.10 Å². The highest BCUT2D eigenvalue weighted by atomic mass is 16.3. The lowest BCUT2D eigenvalue weighted by Gasteiger charge is -2.43. The predicted molar refractivity (Wildman–Crippen MR) is 39.4 cm³/mol. The molecule has 0 spiro atoms. The molecule has 3 N–H and O–H groups in total. The van der Waals surface area contributed by atoms with Gasteiger partial charge in [0.2, 0.25) is 0 Å². The van der Waals surface area contributed by atoms with E-state index in [-0.39, 0.29) is 11.6 Å². The second-order valence-electron chi connectivity index (χ2n) is 4.11. The van der Waals surface area contributed by atoms with Gasteiger partial charge in [-0.25, -0.2) is 0 Å². The summed E-state index contributed by atoms with van der Waals surface area (Å²) < 4.78 is 0. The average molecular weight is 141 g/mol. The molecule has 0 aromatic rings. The lowest BCUT2D eigenvalue weighted by atomic mass is 9.71. The van der Waals surface area contributed by atoms with Gasteiger partial charge in [0, 0.05) is 5.54 Å². The SMILES string of the molecule is CC1CC1C1(N)CC(O)C1. The Morgan fingerprint density at radius 3 is 2.30 bits per heavy atom. The third kappa shape index (κ3) is 0.789. The summed E-state index contributed by atoms with van der Waals surface area (Å²) in [6.07, 6.45) is 2.85. The largest absolute Gasteiger partial charge is 0.393 e. The van der Waals surface area contributed by atoms with Crippen LogP contribution in [-0.2, 0) is 0 Å². The molecule has 0 radical (unpaired) electrons. The minimum absolute atomic E-state index is 0.0266. The van der Waals surface area contributed by atoms with Gasteiger partial charge in [0.15, 0.2) is 0 Å². The average Bonchev–Trinajstić information content (AvgIpc) is 2.43. The second-order valence-corrected chi connectivity index (χ2v) is 4.11. The predicted octanol–water partition coefficient (Wildman–Crippen LogP) is 0.495. The van der Waals surface area contributed by atoms with Crippen molar-refractivity contribution in [3.05, 3.63) is 0 Å². The summed E-state index contributed by atoms with van der Waals surface area (Å²) in [7, 11) is 0. The van der Waals surface area contributed by atoms with Crippen molar-refractivity contribution in [2.75, 3.05) is 0 Å². The molecule has 0 amide bonds. The molecule has 2 aliphatic carbocycles. The van der Waals surface area contributed by atoms with Crippen LogP contribution >= 0.6 is 0 Å². The molecule has 0 aromatic heterocycles. The highest BCUT2D eigenvalue weighted by molar-refractivity contribution is 5.10. The Bertz CT molecular complexity index is 151. The van der Waals surface area contributed by atoms with Crippen molar-refractivity contribution in [2.45, 2.75) is 37.8 Å². The standard InChI is InChI=1S/C8H15NO/c1-5-2-7(5)8(9)3-6(10)4-8/h5-7,10H,2-4,9H2,1H3. The van der Waals surface area contributed by atoms with Crippen molar-refractivity contribution >= 4 is 0 Å². The van der Waals surface area contributed by atoms with Gasteiger partial charge in [0.1, 0.15) is 0 Å². The van der Waals surface area contributed by atoms with Gasteiger partial charge in [-0.1, -0.05) is 6.92 Å². The fourth-order valence-electron chi connectivity index (χ4n) is 2.24. The molecular weight excluding hydrogens is 126 g/mol. The van der Waals surface area contributed by atoms with Gasteiger partial charge in [-0.2, -0.15) is 0 Å². The van der Waals surface area contributed by atoms with E-state index >= 15 is 0 Å². The summed E-state index contributed by atoms with van der Waals surface area (Å²) in [5.74, 6) is 1.54. The molecule has 2 fully saturated rings. The topological polar surface area (TPSA) is 46.2 Å². The fourth-order valence-corrected chi connectivity index (χ4v) is 2.24. The first-order valence-corrected chi connectivity index (χ1v) is 4.09. The minimum Gasteiger partial charge on any atom is -0.393 e. The van der Waals surface area contributed by atoms with Crippen LogP contribution in [0, 0.1) is 11.8 Å². The minimum atomic E-state index is -0.0993. The van der Waals surface area contributed by atoms with Crippen LogP contribution in [0.4, 0.5) is 0 Å². The van der Waals surface area contributed by atoms with Gasteiger partial charge in [-0.3, -0.25) is 0 Å². The van der Waals surface area contributed by atoms with Crippen LogP contribution in [0.25, 0.3) is 0 Å². The lowest BCUT2D eigenvalue weighted by Crippen LogP contribution is -2.56. The summed E-state index contributed by atoms with van der Waals surface area (Å²) in [6, 6.07) is 0. The summed E-state index contributed by atoms with van der Waals surface area (Å²) >= 11 is 0. The van der Waals surface area contributed by atoms with Crippen molar-refractivity contribution in [3.8, 4) is 0 Å². The highest BCUT2D eigenvalue weighted by Gasteiger charge is 2.54. The highest BCUT2D eigenvalue weighted by Crippen LogP contribution is 2.52. The van der Waals surface area contributed by atoms with Gasteiger partial charge in [-0.05, 0) is 31.1 Å². The van der Waals surface area contributed by atoms with E-state index in [1.54, 1.807) is 0 Å². The van der Waals surface area contributed by atoms with E-state index in [1.165, 1.54) is 6.42 Å². The molecule has 0 saturated heterocycles. The third-order valence-corrected chi connectivity index (χ3v) is 3.08. The summed E-state index contributed by atoms with van der Waals surface area (Å²) in [4.78, 5) is 0. The van der Waals surface area contributed by atoms with Crippen LogP contribution in [0.5, 0.6) is 0 Å². The quantitative estimate of drug-likeness (QED) is 0.558. The fraction of sp³-hybridized carbons (Fsp3) is 1.00. The third-order valence-electron chi connectivity index (χ3n) is 3.08. The van der Waals surface area contributed by atoms with Crippen molar-refractivity contribution in [3.63, 3.8) is 0 Å². The Hall–Kier alpha value is -0.0800. The Balaban J connectivity index is 1.93. The van der Waals surface area contributed by atoms with E-state index in [0.717, 1.165) is 24.7 Å². The molecule has 0 aliphatic heterocycles. The van der Waals surface area contributed by atoms with Crippen LogP contribution in [-0.4, -0.2) is 16.7 Å². The van der Waals surface area contributed by atoms with Crippen LogP contribution in [0.15, 0.2) is 0 Å². The first kappa shape index (κ1) is 6.62. The number of rotatable bonds is 1. The number of hydrogen-bond acceptors (Lipinski definition) is 2. The molecule has 10 heavy (non-hydrogen) atoms. The van der Waals surface area contributed by atoms with Crippen LogP contribution < -0.4 is 5.73 Å². The summed E-state index contributed by atoms with van der Waals surface area (Å²) in [5, 5.41) is 9.07. The van der Waals surface area contributed by atoms with Crippen LogP contribution in [0.1, 0.15) is 26.2 Å². The number of aliphatic hydroxyl groups is 1.